The number of hydrogen-bond acceptors (Lipinski definition) is 2. The van der Waals surface area contributed by atoms with Gasteiger partial charge in [0.25, 0.3) is 0 Å². The number of carbonyl (C=O) groups is 1. The number of para-hydroxylation sites is 1. The first kappa shape index (κ1) is 15.0. The summed E-state index contributed by atoms with van der Waals surface area (Å²) in [4.78, 5) is 11.1. The number of carboxylic acids is 1. The van der Waals surface area contributed by atoms with E-state index in [1.54, 1.807) is 0 Å². The van der Waals surface area contributed by atoms with E-state index in [0.29, 0.717) is 0 Å². The standard InChI is InChI=1S/C19H18N2O2/c1-13-17(12-19(22)23)14(2)21(20-13)18-11-7-6-10-16(18)15-8-4-3-5-9-15/h3-11H,12H2,1-2H3,(H,22,23). The Kier molecular flexibility index (Phi) is 3.98. The summed E-state index contributed by atoms with van der Waals surface area (Å²) in [5, 5.41) is 13.7. The molecular weight excluding hydrogens is 288 g/mol. The summed E-state index contributed by atoms with van der Waals surface area (Å²) < 4.78 is 1.84. The number of carboxylic acid groups (broad SMARTS) is 1. The van der Waals surface area contributed by atoms with Gasteiger partial charge in [0.15, 0.2) is 0 Å². The SMILES string of the molecule is Cc1nn(-c2ccccc2-c2ccccc2)c(C)c1CC(=O)O. The number of benzene rings is 2. The van der Waals surface area contributed by atoms with Crippen molar-refractivity contribution in [1.82, 2.24) is 9.78 Å². The zero-order chi connectivity index (χ0) is 16.4. The lowest BCUT2D eigenvalue weighted by atomic mass is 10.0. The molecule has 2 aromatic carbocycles. The molecule has 3 aromatic rings. The van der Waals surface area contributed by atoms with Crippen LogP contribution in [0.1, 0.15) is 17.0 Å². The Bertz CT molecular complexity index is 851. The highest BCUT2D eigenvalue weighted by atomic mass is 16.4. The van der Waals surface area contributed by atoms with Crippen molar-refractivity contribution in [2.24, 2.45) is 0 Å². The lowest BCUT2D eigenvalue weighted by molar-refractivity contribution is -0.136. The molecule has 0 spiro atoms. The zero-order valence-electron chi connectivity index (χ0n) is 13.2. The quantitative estimate of drug-likeness (QED) is 0.798. The van der Waals surface area contributed by atoms with Gasteiger partial charge in [0.05, 0.1) is 17.8 Å². The molecule has 0 saturated heterocycles. The van der Waals surface area contributed by atoms with Crippen LogP contribution in [0.5, 0.6) is 0 Å². The maximum Gasteiger partial charge on any atom is 0.307 e. The van der Waals surface area contributed by atoms with Gasteiger partial charge in [-0.3, -0.25) is 4.79 Å². The molecule has 1 heterocycles. The van der Waals surface area contributed by atoms with Gasteiger partial charge in [-0.25, -0.2) is 4.68 Å². The molecule has 1 N–H and O–H groups in total. The second kappa shape index (κ2) is 6.08. The normalized spacial score (nSPS) is 10.7. The predicted octanol–water partition coefficient (Wildman–Crippen LogP) is 3.78. The van der Waals surface area contributed by atoms with Crippen LogP contribution in [0.3, 0.4) is 0 Å². The van der Waals surface area contributed by atoms with Crippen molar-refractivity contribution in [2.75, 3.05) is 0 Å². The topological polar surface area (TPSA) is 55.1 Å². The molecule has 0 bridgehead atoms. The van der Waals surface area contributed by atoms with Crippen molar-refractivity contribution in [3.05, 3.63) is 71.5 Å². The molecule has 0 radical (unpaired) electrons. The smallest absolute Gasteiger partial charge is 0.307 e. The third-order valence-electron chi connectivity index (χ3n) is 3.99. The Morgan fingerprint density at radius 1 is 1.04 bits per heavy atom. The number of aromatic nitrogens is 2. The first-order valence-electron chi connectivity index (χ1n) is 7.49. The summed E-state index contributed by atoms with van der Waals surface area (Å²) in [5.41, 5.74) is 5.54. The summed E-state index contributed by atoms with van der Waals surface area (Å²) in [7, 11) is 0. The second-order valence-corrected chi connectivity index (χ2v) is 5.51. The van der Waals surface area contributed by atoms with Gasteiger partial charge in [-0.1, -0.05) is 48.5 Å². The highest BCUT2D eigenvalue weighted by Gasteiger charge is 2.17. The lowest BCUT2D eigenvalue weighted by Crippen LogP contribution is -2.04. The van der Waals surface area contributed by atoms with Crippen LogP contribution >= 0.6 is 0 Å². The molecule has 0 aliphatic heterocycles. The van der Waals surface area contributed by atoms with E-state index < -0.39 is 5.97 Å². The van der Waals surface area contributed by atoms with Gasteiger partial charge in [-0.2, -0.15) is 5.10 Å². The van der Waals surface area contributed by atoms with Crippen molar-refractivity contribution in [1.29, 1.82) is 0 Å². The van der Waals surface area contributed by atoms with Crippen LogP contribution in [0.2, 0.25) is 0 Å². The number of rotatable bonds is 4. The Morgan fingerprint density at radius 2 is 1.70 bits per heavy atom. The highest BCUT2D eigenvalue weighted by molar-refractivity contribution is 5.74. The van der Waals surface area contributed by atoms with Gasteiger partial charge in [0.1, 0.15) is 0 Å². The molecule has 4 heteroatoms. The summed E-state index contributed by atoms with van der Waals surface area (Å²) >= 11 is 0. The van der Waals surface area contributed by atoms with E-state index in [0.717, 1.165) is 33.8 Å². The van der Waals surface area contributed by atoms with Crippen molar-refractivity contribution in [2.45, 2.75) is 20.3 Å². The van der Waals surface area contributed by atoms with Crippen molar-refractivity contribution >= 4 is 5.97 Å². The minimum absolute atomic E-state index is 0.00876. The molecule has 0 aliphatic carbocycles. The third-order valence-corrected chi connectivity index (χ3v) is 3.99. The predicted molar refractivity (Wildman–Crippen MR) is 89.8 cm³/mol. The van der Waals surface area contributed by atoms with Gasteiger partial charge in [0, 0.05) is 16.8 Å². The zero-order valence-corrected chi connectivity index (χ0v) is 13.2. The van der Waals surface area contributed by atoms with Crippen LogP contribution in [-0.2, 0) is 11.2 Å². The minimum Gasteiger partial charge on any atom is -0.481 e. The molecule has 0 unspecified atom stereocenters. The third kappa shape index (κ3) is 2.88. The molecule has 0 saturated carbocycles. The fourth-order valence-electron chi connectivity index (χ4n) is 2.84. The summed E-state index contributed by atoms with van der Waals surface area (Å²) in [5.74, 6) is -0.841. The summed E-state index contributed by atoms with van der Waals surface area (Å²) in [6.45, 7) is 3.77. The molecule has 0 atom stereocenters. The van der Waals surface area contributed by atoms with Gasteiger partial charge in [0.2, 0.25) is 0 Å². The van der Waals surface area contributed by atoms with E-state index in [-0.39, 0.29) is 6.42 Å². The second-order valence-electron chi connectivity index (χ2n) is 5.51. The van der Waals surface area contributed by atoms with Crippen molar-refractivity contribution < 1.29 is 9.90 Å². The first-order chi connectivity index (χ1) is 11.1. The highest BCUT2D eigenvalue weighted by Crippen LogP contribution is 2.28. The molecule has 4 nitrogen and oxygen atoms in total. The van der Waals surface area contributed by atoms with Crippen molar-refractivity contribution in [3.8, 4) is 16.8 Å². The number of aliphatic carboxylic acids is 1. The Labute approximate surface area is 135 Å². The van der Waals surface area contributed by atoms with Crippen LogP contribution in [0, 0.1) is 13.8 Å². The maximum atomic E-state index is 11.1. The molecule has 0 amide bonds. The van der Waals surface area contributed by atoms with Gasteiger partial charge < -0.3 is 5.11 Å². The van der Waals surface area contributed by atoms with Crippen LogP contribution in [0.4, 0.5) is 0 Å². The average Bonchev–Trinajstić information content (AvgIpc) is 2.83. The van der Waals surface area contributed by atoms with Crippen LogP contribution in [-0.4, -0.2) is 20.9 Å². The molecule has 0 aliphatic rings. The average molecular weight is 306 g/mol. The van der Waals surface area contributed by atoms with Gasteiger partial charge in [-0.15, -0.1) is 0 Å². The van der Waals surface area contributed by atoms with E-state index in [1.165, 1.54) is 0 Å². The molecule has 3 rings (SSSR count). The maximum absolute atomic E-state index is 11.1. The summed E-state index contributed by atoms with van der Waals surface area (Å²) in [6, 6.07) is 18.1. The molecule has 23 heavy (non-hydrogen) atoms. The Balaban J connectivity index is 2.16. The molecular formula is C19H18N2O2. The fraction of sp³-hybridized carbons (Fsp3) is 0.158. The number of hydrogen-bond donors (Lipinski definition) is 1. The first-order valence-corrected chi connectivity index (χ1v) is 7.49. The Hall–Kier alpha value is -2.88. The largest absolute Gasteiger partial charge is 0.481 e. The van der Waals surface area contributed by atoms with E-state index in [9.17, 15) is 4.79 Å². The van der Waals surface area contributed by atoms with E-state index >= 15 is 0 Å². The van der Waals surface area contributed by atoms with Gasteiger partial charge >= 0.3 is 5.97 Å². The van der Waals surface area contributed by atoms with E-state index in [1.807, 2.05) is 54.9 Å². The van der Waals surface area contributed by atoms with Crippen LogP contribution in [0.25, 0.3) is 16.8 Å². The van der Waals surface area contributed by atoms with Gasteiger partial charge in [-0.05, 0) is 25.5 Å². The molecule has 116 valence electrons. The lowest BCUT2D eigenvalue weighted by Gasteiger charge is -2.11. The number of aryl methyl sites for hydroxylation is 1. The summed E-state index contributed by atoms with van der Waals surface area (Å²) in [6.07, 6.45) is -0.00876. The molecule has 1 aromatic heterocycles. The monoisotopic (exact) mass is 306 g/mol. The Morgan fingerprint density at radius 3 is 2.39 bits per heavy atom. The van der Waals surface area contributed by atoms with Crippen LogP contribution < -0.4 is 0 Å². The molecule has 0 fully saturated rings. The van der Waals surface area contributed by atoms with E-state index in [4.69, 9.17) is 5.11 Å². The number of nitrogens with zero attached hydrogens (tertiary/aromatic N) is 2. The van der Waals surface area contributed by atoms with Crippen molar-refractivity contribution in [3.63, 3.8) is 0 Å². The fourth-order valence-corrected chi connectivity index (χ4v) is 2.84. The minimum atomic E-state index is -0.841. The van der Waals surface area contributed by atoms with E-state index in [2.05, 4.69) is 23.3 Å². The van der Waals surface area contributed by atoms with Crippen LogP contribution in [0.15, 0.2) is 54.6 Å².